The van der Waals surface area contributed by atoms with Crippen molar-refractivity contribution in [1.29, 1.82) is 5.26 Å². The Morgan fingerprint density at radius 3 is 2.94 bits per heavy atom. The topological polar surface area (TPSA) is 69.9 Å². The molecule has 0 radical (unpaired) electrons. The smallest absolute Gasteiger partial charge is 0.228 e. The van der Waals surface area contributed by atoms with Crippen LogP contribution in [0.1, 0.15) is 33.1 Å². The van der Waals surface area contributed by atoms with Gasteiger partial charge in [-0.3, -0.25) is 9.69 Å². The maximum absolute atomic E-state index is 11.9. The summed E-state index contributed by atoms with van der Waals surface area (Å²) in [6.07, 6.45) is 2.57. The number of aromatic nitrogens is 2. The molecule has 18 heavy (non-hydrogen) atoms. The van der Waals surface area contributed by atoms with Crippen LogP contribution in [0, 0.1) is 11.3 Å². The highest BCUT2D eigenvalue weighted by atomic mass is 32.2. The molecule has 1 saturated carbocycles. The van der Waals surface area contributed by atoms with Crippen LogP contribution >= 0.6 is 23.1 Å². The Morgan fingerprint density at radius 1 is 1.67 bits per heavy atom. The fourth-order valence-electron chi connectivity index (χ4n) is 1.49. The number of carbonyl (C=O) groups excluding carboxylic acids is 1. The number of hydrogen-bond acceptors (Lipinski definition) is 6. The van der Waals surface area contributed by atoms with Crippen LogP contribution in [0.15, 0.2) is 4.34 Å². The normalized spacial score (nSPS) is 16.1. The summed E-state index contributed by atoms with van der Waals surface area (Å²) in [7, 11) is 0. The molecule has 0 saturated heterocycles. The van der Waals surface area contributed by atoms with Crippen LogP contribution in [0.4, 0.5) is 5.13 Å². The SMILES string of the molecule is CCC(=O)N(c1nnc(S[C@H](C)C#N)s1)C1CC1. The average Bonchev–Trinajstić information content (AvgIpc) is 3.10. The van der Waals surface area contributed by atoms with E-state index < -0.39 is 0 Å². The van der Waals surface area contributed by atoms with E-state index in [1.54, 1.807) is 4.90 Å². The number of nitrogens with zero attached hydrogens (tertiary/aromatic N) is 4. The molecule has 0 unspecified atom stereocenters. The summed E-state index contributed by atoms with van der Waals surface area (Å²) < 4.78 is 0.744. The van der Waals surface area contributed by atoms with Gasteiger partial charge in [0.25, 0.3) is 0 Å². The second kappa shape index (κ2) is 5.67. The van der Waals surface area contributed by atoms with Crippen LogP contribution in [0.2, 0.25) is 0 Å². The molecule has 0 bridgehead atoms. The van der Waals surface area contributed by atoms with E-state index in [1.165, 1.54) is 23.1 Å². The minimum Gasteiger partial charge on any atom is -0.284 e. The van der Waals surface area contributed by atoms with Gasteiger partial charge < -0.3 is 0 Å². The van der Waals surface area contributed by atoms with E-state index in [0.29, 0.717) is 17.6 Å². The lowest BCUT2D eigenvalue weighted by atomic mass is 10.4. The summed E-state index contributed by atoms with van der Waals surface area (Å²) in [5, 5.41) is 17.4. The summed E-state index contributed by atoms with van der Waals surface area (Å²) in [5.74, 6) is 0.0959. The number of anilines is 1. The molecule has 0 spiro atoms. The first-order valence-corrected chi connectivity index (χ1v) is 7.57. The molecule has 7 heteroatoms. The summed E-state index contributed by atoms with van der Waals surface area (Å²) in [4.78, 5) is 13.6. The molecule has 1 fully saturated rings. The molecule has 1 aromatic rings. The van der Waals surface area contributed by atoms with E-state index in [2.05, 4.69) is 16.3 Å². The van der Waals surface area contributed by atoms with Crippen molar-refractivity contribution in [2.75, 3.05) is 4.90 Å². The lowest BCUT2D eigenvalue weighted by Gasteiger charge is -2.17. The Hall–Kier alpha value is -1.13. The summed E-state index contributed by atoms with van der Waals surface area (Å²) in [6, 6.07) is 2.44. The van der Waals surface area contributed by atoms with Gasteiger partial charge in [0.15, 0.2) is 4.34 Å². The predicted octanol–water partition coefficient (Wildman–Crippen LogP) is 2.45. The number of rotatable bonds is 5. The molecule has 5 nitrogen and oxygen atoms in total. The summed E-state index contributed by atoms with van der Waals surface area (Å²) in [6.45, 7) is 3.67. The molecule has 96 valence electrons. The van der Waals surface area contributed by atoms with Crippen LogP contribution in [-0.2, 0) is 4.79 Å². The third-order valence-electron chi connectivity index (χ3n) is 2.54. The number of carbonyl (C=O) groups is 1. The number of thioether (sulfide) groups is 1. The van der Waals surface area contributed by atoms with E-state index in [0.717, 1.165) is 17.2 Å². The lowest BCUT2D eigenvalue weighted by molar-refractivity contribution is -0.118. The maximum atomic E-state index is 11.9. The Morgan fingerprint density at radius 2 is 2.39 bits per heavy atom. The molecule has 1 aromatic heterocycles. The van der Waals surface area contributed by atoms with Crippen molar-refractivity contribution in [2.45, 2.75) is 48.7 Å². The molecule has 2 rings (SSSR count). The fourth-order valence-corrected chi connectivity index (χ4v) is 3.46. The second-order valence-electron chi connectivity index (χ2n) is 4.09. The van der Waals surface area contributed by atoms with Gasteiger partial charge in [-0.1, -0.05) is 30.0 Å². The van der Waals surface area contributed by atoms with Gasteiger partial charge in [0.1, 0.15) is 0 Å². The third kappa shape index (κ3) is 3.00. The van der Waals surface area contributed by atoms with Gasteiger partial charge in [-0.15, -0.1) is 10.2 Å². The lowest BCUT2D eigenvalue weighted by Crippen LogP contribution is -2.32. The van der Waals surface area contributed by atoms with E-state index >= 15 is 0 Å². The molecule has 1 aliphatic rings. The van der Waals surface area contributed by atoms with Gasteiger partial charge >= 0.3 is 0 Å². The standard InChI is InChI=1S/C11H14N4OS2/c1-3-9(16)15(8-4-5-8)10-13-14-11(18-10)17-7(2)6-12/h7-8H,3-5H2,1-2H3/t7-/m1/s1. The molecular formula is C11H14N4OS2. The number of hydrogen-bond donors (Lipinski definition) is 0. The third-order valence-corrected chi connectivity index (χ3v) is 4.54. The van der Waals surface area contributed by atoms with Gasteiger partial charge in [0, 0.05) is 12.5 Å². The van der Waals surface area contributed by atoms with Crippen LogP contribution in [0.5, 0.6) is 0 Å². The van der Waals surface area contributed by atoms with Crippen molar-refractivity contribution in [1.82, 2.24) is 10.2 Å². The van der Waals surface area contributed by atoms with E-state index in [-0.39, 0.29) is 11.2 Å². The average molecular weight is 282 g/mol. The maximum Gasteiger partial charge on any atom is 0.228 e. The van der Waals surface area contributed by atoms with Crippen molar-refractivity contribution in [2.24, 2.45) is 0 Å². The zero-order valence-electron chi connectivity index (χ0n) is 10.3. The molecule has 0 aliphatic heterocycles. The van der Waals surface area contributed by atoms with Crippen LogP contribution in [0.3, 0.4) is 0 Å². The zero-order valence-corrected chi connectivity index (χ0v) is 11.9. The highest BCUT2D eigenvalue weighted by Crippen LogP contribution is 2.36. The molecule has 0 N–H and O–H groups in total. The van der Waals surface area contributed by atoms with Crippen LogP contribution in [-0.4, -0.2) is 27.4 Å². The predicted molar refractivity (Wildman–Crippen MR) is 71.6 cm³/mol. The highest BCUT2D eigenvalue weighted by Gasteiger charge is 2.35. The van der Waals surface area contributed by atoms with Gasteiger partial charge in [-0.05, 0) is 19.8 Å². The first-order valence-electron chi connectivity index (χ1n) is 5.87. The Labute approximate surface area is 114 Å². The van der Waals surface area contributed by atoms with Crippen molar-refractivity contribution >= 4 is 34.1 Å². The molecule has 1 aliphatic carbocycles. The Bertz CT molecular complexity index is 478. The second-order valence-corrected chi connectivity index (χ2v) is 6.63. The number of amides is 1. The zero-order chi connectivity index (χ0) is 13.1. The minimum atomic E-state index is -0.151. The van der Waals surface area contributed by atoms with E-state index in [4.69, 9.17) is 5.26 Å². The van der Waals surface area contributed by atoms with Crippen molar-refractivity contribution in [3.63, 3.8) is 0 Å². The van der Waals surface area contributed by atoms with Crippen molar-refractivity contribution in [3.05, 3.63) is 0 Å². The van der Waals surface area contributed by atoms with Gasteiger partial charge in [0.05, 0.1) is 11.3 Å². The first kappa shape index (κ1) is 13.3. The molecule has 1 amide bonds. The van der Waals surface area contributed by atoms with E-state index in [1.807, 2.05) is 13.8 Å². The van der Waals surface area contributed by atoms with Crippen molar-refractivity contribution in [3.8, 4) is 6.07 Å². The van der Waals surface area contributed by atoms with E-state index in [9.17, 15) is 4.79 Å². The summed E-state index contributed by atoms with van der Waals surface area (Å²) in [5.41, 5.74) is 0. The quantitative estimate of drug-likeness (QED) is 0.613. The minimum absolute atomic E-state index is 0.0959. The molecule has 1 heterocycles. The van der Waals surface area contributed by atoms with Gasteiger partial charge in [-0.25, -0.2) is 0 Å². The number of nitriles is 1. The monoisotopic (exact) mass is 282 g/mol. The Kier molecular flexibility index (Phi) is 4.19. The van der Waals surface area contributed by atoms with Crippen LogP contribution < -0.4 is 4.90 Å². The molecule has 0 aromatic carbocycles. The Balaban J connectivity index is 2.12. The van der Waals surface area contributed by atoms with Gasteiger partial charge in [-0.2, -0.15) is 5.26 Å². The first-order chi connectivity index (χ1) is 8.65. The van der Waals surface area contributed by atoms with Gasteiger partial charge in [0.2, 0.25) is 11.0 Å². The molecular weight excluding hydrogens is 268 g/mol. The largest absolute Gasteiger partial charge is 0.284 e. The molecule has 1 atom stereocenters. The van der Waals surface area contributed by atoms with Crippen molar-refractivity contribution < 1.29 is 4.79 Å². The fraction of sp³-hybridized carbons (Fsp3) is 0.636. The van der Waals surface area contributed by atoms with Crippen LogP contribution in [0.25, 0.3) is 0 Å². The highest BCUT2D eigenvalue weighted by molar-refractivity contribution is 8.01. The summed E-state index contributed by atoms with van der Waals surface area (Å²) >= 11 is 2.77.